The maximum absolute atomic E-state index is 11.6. The van der Waals surface area contributed by atoms with Crippen molar-refractivity contribution < 1.29 is 14.7 Å². The van der Waals surface area contributed by atoms with Crippen molar-refractivity contribution in [2.45, 2.75) is 25.2 Å². The fraction of sp³-hybridized carbons (Fsp3) is 0.333. The van der Waals surface area contributed by atoms with Gasteiger partial charge in [-0.25, -0.2) is 5.84 Å². The third-order valence-electron chi connectivity index (χ3n) is 2.54. The maximum Gasteiger partial charge on any atom is 0.303 e. The van der Waals surface area contributed by atoms with Gasteiger partial charge < -0.3 is 5.11 Å². The summed E-state index contributed by atoms with van der Waals surface area (Å²) in [5.74, 6) is 3.59. The zero-order chi connectivity index (χ0) is 12.7. The molecule has 0 bridgehead atoms. The quantitative estimate of drug-likeness (QED) is 0.390. The van der Waals surface area contributed by atoms with Gasteiger partial charge in [0, 0.05) is 6.42 Å². The average Bonchev–Trinajstić information content (AvgIpc) is 2.34. The van der Waals surface area contributed by atoms with Gasteiger partial charge in [-0.05, 0) is 18.4 Å². The molecule has 17 heavy (non-hydrogen) atoms. The first kappa shape index (κ1) is 13.2. The standard InChI is InChI=1S/C12H16N2O3/c13-14-12(17)10(7-4-8-11(15)16)9-5-2-1-3-6-9/h1-3,5-6,10H,4,7-8,13H2,(H,14,17)(H,15,16). The first-order valence-electron chi connectivity index (χ1n) is 5.42. The minimum absolute atomic E-state index is 0.0567. The zero-order valence-corrected chi connectivity index (χ0v) is 9.43. The second-order valence-electron chi connectivity index (χ2n) is 3.76. The molecule has 0 aromatic heterocycles. The Morgan fingerprint density at radius 1 is 1.29 bits per heavy atom. The normalized spacial score (nSPS) is 11.8. The summed E-state index contributed by atoms with van der Waals surface area (Å²) in [6, 6.07) is 9.20. The number of nitrogens with two attached hydrogens (primary N) is 1. The molecule has 1 atom stereocenters. The predicted molar refractivity (Wildman–Crippen MR) is 63.0 cm³/mol. The number of carbonyl (C=O) groups excluding carboxylic acids is 1. The largest absolute Gasteiger partial charge is 0.481 e. The monoisotopic (exact) mass is 236 g/mol. The molecule has 1 amide bonds. The summed E-state index contributed by atoms with van der Waals surface area (Å²) in [5, 5.41) is 8.57. The summed E-state index contributed by atoms with van der Waals surface area (Å²) in [4.78, 5) is 22.0. The van der Waals surface area contributed by atoms with Crippen molar-refractivity contribution in [2.24, 2.45) is 5.84 Å². The first-order valence-corrected chi connectivity index (χ1v) is 5.42. The van der Waals surface area contributed by atoms with Crippen LogP contribution in [0.15, 0.2) is 30.3 Å². The van der Waals surface area contributed by atoms with Gasteiger partial charge in [0.25, 0.3) is 0 Å². The van der Waals surface area contributed by atoms with Crippen LogP contribution in [0.3, 0.4) is 0 Å². The molecule has 0 spiro atoms. The summed E-state index contributed by atoms with van der Waals surface area (Å²) in [5.41, 5.74) is 2.96. The van der Waals surface area contributed by atoms with Gasteiger partial charge >= 0.3 is 5.97 Å². The number of hydrogen-bond acceptors (Lipinski definition) is 3. The van der Waals surface area contributed by atoms with Crippen molar-refractivity contribution >= 4 is 11.9 Å². The Morgan fingerprint density at radius 2 is 1.94 bits per heavy atom. The number of carboxylic acid groups (broad SMARTS) is 1. The third-order valence-corrected chi connectivity index (χ3v) is 2.54. The maximum atomic E-state index is 11.6. The van der Waals surface area contributed by atoms with E-state index in [1.165, 1.54) is 0 Å². The molecule has 0 saturated heterocycles. The van der Waals surface area contributed by atoms with Crippen LogP contribution >= 0.6 is 0 Å². The fourth-order valence-corrected chi connectivity index (χ4v) is 1.69. The number of aliphatic carboxylic acids is 1. The number of nitrogens with one attached hydrogen (secondary N) is 1. The number of carboxylic acids is 1. The number of amides is 1. The van der Waals surface area contributed by atoms with E-state index < -0.39 is 5.97 Å². The summed E-state index contributed by atoms with van der Waals surface area (Å²) >= 11 is 0. The van der Waals surface area contributed by atoms with Crippen LogP contribution in [-0.2, 0) is 9.59 Å². The Bertz CT molecular complexity index is 379. The Hall–Kier alpha value is -1.88. The molecule has 0 saturated carbocycles. The lowest BCUT2D eigenvalue weighted by Crippen LogP contribution is -2.34. The molecule has 0 aliphatic carbocycles. The van der Waals surface area contributed by atoms with Crippen molar-refractivity contribution in [3.05, 3.63) is 35.9 Å². The van der Waals surface area contributed by atoms with Crippen LogP contribution in [0.25, 0.3) is 0 Å². The molecule has 92 valence electrons. The van der Waals surface area contributed by atoms with E-state index in [9.17, 15) is 9.59 Å². The Morgan fingerprint density at radius 3 is 2.47 bits per heavy atom. The molecule has 0 heterocycles. The molecular weight excluding hydrogens is 220 g/mol. The molecule has 4 N–H and O–H groups in total. The summed E-state index contributed by atoms with van der Waals surface area (Å²) < 4.78 is 0. The molecule has 0 aliphatic heterocycles. The highest BCUT2D eigenvalue weighted by Crippen LogP contribution is 2.21. The van der Waals surface area contributed by atoms with E-state index in [0.717, 1.165) is 5.56 Å². The SMILES string of the molecule is NNC(=O)C(CCCC(=O)O)c1ccccc1. The van der Waals surface area contributed by atoms with Crippen LogP contribution in [0.4, 0.5) is 0 Å². The van der Waals surface area contributed by atoms with Gasteiger partial charge in [0.15, 0.2) is 0 Å². The van der Waals surface area contributed by atoms with E-state index in [4.69, 9.17) is 10.9 Å². The van der Waals surface area contributed by atoms with Crippen molar-refractivity contribution in [1.29, 1.82) is 0 Å². The Kier molecular flexibility index (Phi) is 5.16. The highest BCUT2D eigenvalue weighted by Gasteiger charge is 2.19. The van der Waals surface area contributed by atoms with Crippen LogP contribution < -0.4 is 11.3 Å². The number of rotatable bonds is 6. The molecule has 5 heteroatoms. The summed E-state index contributed by atoms with van der Waals surface area (Å²) in [7, 11) is 0. The van der Waals surface area contributed by atoms with Crippen molar-refractivity contribution in [3.63, 3.8) is 0 Å². The molecule has 1 aromatic rings. The van der Waals surface area contributed by atoms with Crippen molar-refractivity contribution in [1.82, 2.24) is 5.43 Å². The lowest BCUT2D eigenvalue weighted by Gasteiger charge is -2.14. The highest BCUT2D eigenvalue weighted by atomic mass is 16.4. The topological polar surface area (TPSA) is 92.4 Å². The number of hydrazine groups is 1. The van der Waals surface area contributed by atoms with E-state index >= 15 is 0 Å². The lowest BCUT2D eigenvalue weighted by atomic mass is 9.93. The van der Waals surface area contributed by atoms with Gasteiger partial charge in [-0.2, -0.15) is 0 Å². The van der Waals surface area contributed by atoms with E-state index in [1.807, 2.05) is 30.3 Å². The zero-order valence-electron chi connectivity index (χ0n) is 9.43. The van der Waals surface area contributed by atoms with Crippen molar-refractivity contribution in [2.75, 3.05) is 0 Å². The van der Waals surface area contributed by atoms with Crippen LogP contribution in [0.5, 0.6) is 0 Å². The van der Waals surface area contributed by atoms with E-state index in [0.29, 0.717) is 12.8 Å². The molecule has 1 unspecified atom stereocenters. The van der Waals surface area contributed by atoms with E-state index in [-0.39, 0.29) is 18.2 Å². The van der Waals surface area contributed by atoms with Gasteiger partial charge in [-0.1, -0.05) is 30.3 Å². The van der Waals surface area contributed by atoms with Gasteiger partial charge in [0.1, 0.15) is 0 Å². The number of carbonyl (C=O) groups is 2. The third kappa shape index (κ3) is 4.24. The average molecular weight is 236 g/mol. The highest BCUT2D eigenvalue weighted by molar-refractivity contribution is 5.83. The van der Waals surface area contributed by atoms with Crippen molar-refractivity contribution in [3.8, 4) is 0 Å². The molecule has 5 nitrogen and oxygen atoms in total. The fourth-order valence-electron chi connectivity index (χ4n) is 1.69. The first-order chi connectivity index (χ1) is 8.15. The molecule has 1 rings (SSSR count). The van der Waals surface area contributed by atoms with Crippen LogP contribution in [0.2, 0.25) is 0 Å². The summed E-state index contributed by atoms with van der Waals surface area (Å²) in [6.07, 6.45) is 0.975. The predicted octanol–water partition coefficient (Wildman–Crippen LogP) is 1.01. The molecule has 0 aliphatic rings. The molecule has 0 radical (unpaired) electrons. The van der Waals surface area contributed by atoms with Gasteiger partial charge in [-0.15, -0.1) is 0 Å². The molecule has 0 fully saturated rings. The second-order valence-corrected chi connectivity index (χ2v) is 3.76. The van der Waals surface area contributed by atoms with Gasteiger partial charge in [0.2, 0.25) is 5.91 Å². The molecular formula is C12H16N2O3. The van der Waals surface area contributed by atoms with Gasteiger partial charge in [0.05, 0.1) is 5.92 Å². The van der Waals surface area contributed by atoms with E-state index in [1.54, 1.807) is 0 Å². The lowest BCUT2D eigenvalue weighted by molar-refractivity contribution is -0.137. The Labute approximate surface area is 99.6 Å². The minimum Gasteiger partial charge on any atom is -0.481 e. The smallest absolute Gasteiger partial charge is 0.303 e. The Balaban J connectivity index is 2.68. The van der Waals surface area contributed by atoms with Crippen LogP contribution in [0, 0.1) is 0 Å². The summed E-state index contributed by atoms with van der Waals surface area (Å²) in [6.45, 7) is 0. The van der Waals surface area contributed by atoms with Crippen LogP contribution in [-0.4, -0.2) is 17.0 Å². The minimum atomic E-state index is -0.857. The number of hydrogen-bond donors (Lipinski definition) is 3. The molecule has 1 aromatic carbocycles. The van der Waals surface area contributed by atoms with Crippen LogP contribution in [0.1, 0.15) is 30.7 Å². The van der Waals surface area contributed by atoms with E-state index in [2.05, 4.69) is 5.43 Å². The number of benzene rings is 1. The second kappa shape index (κ2) is 6.65. The van der Waals surface area contributed by atoms with Gasteiger partial charge in [-0.3, -0.25) is 15.0 Å².